The van der Waals surface area contributed by atoms with Crippen LogP contribution < -0.4 is 0 Å². The lowest BCUT2D eigenvalue weighted by Gasteiger charge is -2.19. The van der Waals surface area contributed by atoms with E-state index < -0.39 is 0 Å². The van der Waals surface area contributed by atoms with Gasteiger partial charge in [0, 0.05) is 18.4 Å². The summed E-state index contributed by atoms with van der Waals surface area (Å²) in [6.07, 6.45) is 0. The molecule has 0 amide bonds. The zero-order valence-corrected chi connectivity index (χ0v) is 11.8. The highest BCUT2D eigenvalue weighted by Crippen LogP contribution is 2.17. The molecule has 1 nitrogen and oxygen atoms in total. The maximum atomic E-state index is 13.0. The first kappa shape index (κ1) is 13.1. The van der Waals surface area contributed by atoms with Crippen LogP contribution in [0.25, 0.3) is 0 Å². The van der Waals surface area contributed by atoms with E-state index in [2.05, 4.69) is 43.7 Å². The Morgan fingerprint density at radius 3 is 2.67 bits per heavy atom. The van der Waals surface area contributed by atoms with E-state index >= 15 is 0 Å². The average molecular weight is 339 g/mol. The molecule has 0 aliphatic carbocycles. The molecule has 0 N–H and O–H groups in total. The molecule has 0 aromatic heterocycles. The van der Waals surface area contributed by atoms with Crippen molar-refractivity contribution < 1.29 is 4.39 Å². The third-order valence-corrected chi connectivity index (χ3v) is 3.20. The molecule has 0 unspecified atom stereocenters. The number of nitrogens with zero attached hydrogens (tertiary/aromatic N) is 1. The quantitative estimate of drug-likeness (QED) is 0.738. The van der Waals surface area contributed by atoms with Gasteiger partial charge in [-0.25, -0.2) is 4.39 Å². The molecule has 4 heteroatoms. The van der Waals surface area contributed by atoms with Gasteiger partial charge in [0.25, 0.3) is 0 Å². The van der Waals surface area contributed by atoms with Crippen LogP contribution in [0.4, 0.5) is 4.39 Å². The number of hydrogen-bond acceptors (Lipinski definition) is 1. The van der Waals surface area contributed by atoms with Crippen LogP contribution in [0, 0.1) is 5.82 Å². The largest absolute Gasteiger partial charge is 0.299 e. The minimum Gasteiger partial charge on any atom is -0.299 e. The van der Waals surface area contributed by atoms with Crippen LogP contribution in [0.3, 0.4) is 0 Å². The molecule has 84 valence electrons. The third kappa shape index (κ3) is 4.21. The summed E-state index contributed by atoms with van der Waals surface area (Å²) in [6, 6.07) is 5.17. The molecule has 0 bridgehead atoms. The monoisotopic (exact) mass is 337 g/mol. The van der Waals surface area contributed by atoms with Crippen LogP contribution in [0.1, 0.15) is 12.5 Å². The van der Waals surface area contributed by atoms with Crippen LogP contribution in [-0.2, 0) is 6.54 Å². The number of rotatable bonds is 5. The van der Waals surface area contributed by atoms with Gasteiger partial charge < -0.3 is 0 Å². The molecule has 0 saturated carbocycles. The fourth-order valence-corrected chi connectivity index (χ4v) is 2.29. The lowest BCUT2D eigenvalue weighted by Crippen LogP contribution is -2.24. The first-order chi connectivity index (χ1) is 7.17. The molecular weight excluding hydrogens is 325 g/mol. The summed E-state index contributed by atoms with van der Waals surface area (Å²) in [5.74, 6) is -0.206. The molecule has 0 radical (unpaired) electrons. The Hall–Kier alpha value is 0.0700. The van der Waals surface area contributed by atoms with Gasteiger partial charge in [-0.1, -0.05) is 28.9 Å². The second-order valence-electron chi connectivity index (χ2n) is 3.31. The van der Waals surface area contributed by atoms with Crippen molar-refractivity contribution >= 4 is 31.9 Å². The number of halogens is 3. The molecule has 15 heavy (non-hydrogen) atoms. The van der Waals surface area contributed by atoms with Gasteiger partial charge in [0.15, 0.2) is 0 Å². The summed E-state index contributed by atoms with van der Waals surface area (Å²) in [6.45, 7) is 4.99. The third-order valence-electron chi connectivity index (χ3n) is 2.24. The molecule has 0 atom stereocenters. The Balaban J connectivity index is 2.66. The van der Waals surface area contributed by atoms with Crippen molar-refractivity contribution in [2.75, 3.05) is 18.4 Å². The fraction of sp³-hybridized carbons (Fsp3) is 0.455. The Morgan fingerprint density at radius 2 is 2.13 bits per heavy atom. The predicted octanol–water partition coefficient (Wildman–Crippen LogP) is 3.81. The molecule has 1 aromatic carbocycles. The molecule has 1 rings (SSSR count). The van der Waals surface area contributed by atoms with Crippen molar-refractivity contribution in [1.82, 2.24) is 4.90 Å². The van der Waals surface area contributed by atoms with Crippen molar-refractivity contribution in [1.29, 1.82) is 0 Å². The molecule has 0 saturated heterocycles. The van der Waals surface area contributed by atoms with E-state index in [-0.39, 0.29) is 5.82 Å². The standard InChI is InChI=1S/C11H14Br2FN/c1-2-15(6-5-12)8-9-3-4-11(14)10(13)7-9/h3-4,7H,2,5-6,8H2,1H3. The first-order valence-corrected chi connectivity index (χ1v) is 6.81. The lowest BCUT2D eigenvalue weighted by molar-refractivity contribution is 0.299. The zero-order valence-electron chi connectivity index (χ0n) is 8.64. The van der Waals surface area contributed by atoms with Crippen LogP contribution in [0.15, 0.2) is 22.7 Å². The van der Waals surface area contributed by atoms with Crippen LogP contribution >= 0.6 is 31.9 Å². The van der Waals surface area contributed by atoms with E-state index in [0.29, 0.717) is 4.47 Å². The molecule has 0 heterocycles. The minimum atomic E-state index is -0.206. The Kier molecular flexibility index (Phi) is 5.79. The van der Waals surface area contributed by atoms with Crippen LogP contribution in [-0.4, -0.2) is 23.3 Å². The van der Waals surface area contributed by atoms with Gasteiger partial charge in [0.05, 0.1) is 4.47 Å². The van der Waals surface area contributed by atoms with Gasteiger partial charge in [-0.2, -0.15) is 0 Å². The molecule has 1 aromatic rings. The van der Waals surface area contributed by atoms with Crippen LogP contribution in [0.5, 0.6) is 0 Å². The highest BCUT2D eigenvalue weighted by atomic mass is 79.9. The van der Waals surface area contributed by atoms with E-state index in [1.165, 1.54) is 6.07 Å². The minimum absolute atomic E-state index is 0.206. The average Bonchev–Trinajstić information content (AvgIpc) is 2.23. The number of hydrogen-bond donors (Lipinski definition) is 0. The van der Waals surface area contributed by atoms with E-state index in [1.54, 1.807) is 0 Å². The smallest absolute Gasteiger partial charge is 0.137 e. The van der Waals surface area contributed by atoms with Gasteiger partial charge >= 0.3 is 0 Å². The van der Waals surface area contributed by atoms with Gasteiger partial charge in [-0.3, -0.25) is 4.90 Å². The molecule has 0 spiro atoms. The number of alkyl halides is 1. The second kappa shape index (κ2) is 6.61. The van der Waals surface area contributed by atoms with E-state index in [0.717, 1.165) is 30.5 Å². The Morgan fingerprint density at radius 1 is 1.40 bits per heavy atom. The van der Waals surface area contributed by atoms with Gasteiger partial charge in [0.2, 0.25) is 0 Å². The summed E-state index contributed by atoms with van der Waals surface area (Å²) in [5.41, 5.74) is 1.13. The summed E-state index contributed by atoms with van der Waals surface area (Å²) in [4.78, 5) is 2.30. The predicted molar refractivity (Wildman–Crippen MR) is 68.8 cm³/mol. The molecule has 0 fully saturated rings. The highest BCUT2D eigenvalue weighted by molar-refractivity contribution is 9.10. The van der Waals surface area contributed by atoms with E-state index in [9.17, 15) is 4.39 Å². The second-order valence-corrected chi connectivity index (χ2v) is 4.95. The maximum absolute atomic E-state index is 13.0. The van der Waals surface area contributed by atoms with Gasteiger partial charge in [-0.05, 0) is 40.2 Å². The molecular formula is C11H14Br2FN. The highest BCUT2D eigenvalue weighted by Gasteiger charge is 2.05. The lowest BCUT2D eigenvalue weighted by atomic mass is 10.2. The molecule has 0 aliphatic rings. The van der Waals surface area contributed by atoms with Gasteiger partial charge in [0.1, 0.15) is 5.82 Å². The summed E-state index contributed by atoms with van der Waals surface area (Å²) in [5, 5.41) is 0.962. The van der Waals surface area contributed by atoms with Gasteiger partial charge in [-0.15, -0.1) is 0 Å². The zero-order chi connectivity index (χ0) is 11.3. The SMILES string of the molecule is CCN(CCBr)Cc1ccc(F)c(Br)c1. The van der Waals surface area contributed by atoms with E-state index in [1.807, 2.05) is 12.1 Å². The summed E-state index contributed by atoms with van der Waals surface area (Å²) < 4.78 is 13.5. The van der Waals surface area contributed by atoms with Crippen molar-refractivity contribution in [3.05, 3.63) is 34.1 Å². The summed E-state index contributed by atoms with van der Waals surface area (Å²) in [7, 11) is 0. The van der Waals surface area contributed by atoms with Crippen molar-refractivity contribution in [2.45, 2.75) is 13.5 Å². The number of benzene rings is 1. The molecule has 0 aliphatic heterocycles. The first-order valence-electron chi connectivity index (χ1n) is 4.89. The Bertz CT molecular complexity index is 317. The maximum Gasteiger partial charge on any atom is 0.137 e. The normalized spacial score (nSPS) is 11.0. The fourth-order valence-electron chi connectivity index (χ4n) is 1.36. The Labute approximate surface area is 107 Å². The van der Waals surface area contributed by atoms with E-state index in [4.69, 9.17) is 0 Å². The summed E-state index contributed by atoms with van der Waals surface area (Å²) >= 11 is 6.61. The van der Waals surface area contributed by atoms with Crippen molar-refractivity contribution in [2.24, 2.45) is 0 Å². The van der Waals surface area contributed by atoms with Crippen LogP contribution in [0.2, 0.25) is 0 Å². The van der Waals surface area contributed by atoms with Crippen molar-refractivity contribution in [3.8, 4) is 0 Å². The topological polar surface area (TPSA) is 3.24 Å². The van der Waals surface area contributed by atoms with Crippen molar-refractivity contribution in [3.63, 3.8) is 0 Å².